The Balaban J connectivity index is 2.90. The van der Waals surface area contributed by atoms with Gasteiger partial charge in [0.25, 0.3) is 0 Å². The third-order valence-electron chi connectivity index (χ3n) is 2.76. The van der Waals surface area contributed by atoms with Crippen LogP contribution in [0, 0.1) is 0 Å². The molecule has 0 spiro atoms. The third kappa shape index (κ3) is 4.26. The fraction of sp³-hybridized carbons (Fsp3) is 0.467. The number of carbonyl (C=O) groups is 2. The van der Waals surface area contributed by atoms with Gasteiger partial charge in [0.2, 0.25) is 0 Å². The number of ether oxygens (including phenoxy) is 1. The van der Waals surface area contributed by atoms with Gasteiger partial charge in [0, 0.05) is 5.69 Å². The summed E-state index contributed by atoms with van der Waals surface area (Å²) in [5.74, 6) is -0.924. The SMILES string of the molecule is CC(C)(C)OC(=O)Nc1cccc(C(C)(C)C(=O)O)c1. The average Bonchev–Trinajstić information content (AvgIpc) is 2.26. The molecule has 0 radical (unpaired) electrons. The molecule has 0 aliphatic rings. The Hall–Kier alpha value is -2.04. The standard InChI is InChI=1S/C15H21NO4/c1-14(2,3)20-13(19)16-11-8-6-7-10(9-11)15(4,5)12(17)18/h6-9H,1-5H3,(H,16,19)(H,17,18). The Kier molecular flexibility index (Phi) is 4.43. The van der Waals surface area contributed by atoms with Gasteiger partial charge in [-0.1, -0.05) is 12.1 Å². The van der Waals surface area contributed by atoms with Crippen molar-refractivity contribution >= 4 is 17.7 Å². The third-order valence-corrected chi connectivity index (χ3v) is 2.76. The molecule has 0 bridgehead atoms. The number of hydrogen-bond acceptors (Lipinski definition) is 3. The first kappa shape index (κ1) is 16.0. The molecule has 1 amide bonds. The minimum Gasteiger partial charge on any atom is -0.481 e. The van der Waals surface area contributed by atoms with Crippen molar-refractivity contribution in [1.82, 2.24) is 0 Å². The van der Waals surface area contributed by atoms with Gasteiger partial charge < -0.3 is 9.84 Å². The fourth-order valence-electron chi connectivity index (χ4n) is 1.53. The normalized spacial score (nSPS) is 11.8. The number of anilines is 1. The Morgan fingerprint density at radius 1 is 1.15 bits per heavy atom. The van der Waals surface area contributed by atoms with Crippen LogP contribution in [0.2, 0.25) is 0 Å². The van der Waals surface area contributed by atoms with Gasteiger partial charge >= 0.3 is 12.1 Å². The number of carboxylic acid groups (broad SMARTS) is 1. The summed E-state index contributed by atoms with van der Waals surface area (Å²) in [5.41, 5.74) is -0.488. The number of rotatable bonds is 3. The molecular weight excluding hydrogens is 258 g/mol. The summed E-state index contributed by atoms with van der Waals surface area (Å²) in [7, 11) is 0. The van der Waals surface area contributed by atoms with E-state index in [0.717, 1.165) is 0 Å². The van der Waals surface area contributed by atoms with Crippen molar-refractivity contribution < 1.29 is 19.4 Å². The largest absolute Gasteiger partial charge is 0.481 e. The minimum absolute atomic E-state index is 0.506. The number of carboxylic acids is 1. The lowest BCUT2D eigenvalue weighted by Gasteiger charge is -2.22. The van der Waals surface area contributed by atoms with E-state index in [-0.39, 0.29) is 0 Å². The molecule has 0 saturated carbocycles. The smallest absolute Gasteiger partial charge is 0.412 e. The molecule has 1 rings (SSSR count). The molecule has 20 heavy (non-hydrogen) atoms. The molecule has 0 atom stereocenters. The average molecular weight is 279 g/mol. The summed E-state index contributed by atoms with van der Waals surface area (Å²) in [6, 6.07) is 6.74. The van der Waals surface area contributed by atoms with E-state index in [9.17, 15) is 14.7 Å². The molecule has 1 aromatic rings. The predicted molar refractivity (Wildman–Crippen MR) is 77.0 cm³/mol. The van der Waals surface area contributed by atoms with Crippen LogP contribution in [0.15, 0.2) is 24.3 Å². The number of hydrogen-bond donors (Lipinski definition) is 2. The Bertz CT molecular complexity index is 515. The van der Waals surface area contributed by atoms with Crippen LogP contribution in [0.1, 0.15) is 40.2 Å². The van der Waals surface area contributed by atoms with Gasteiger partial charge in [0.1, 0.15) is 5.60 Å². The highest BCUT2D eigenvalue weighted by molar-refractivity contribution is 5.86. The lowest BCUT2D eigenvalue weighted by atomic mass is 9.84. The van der Waals surface area contributed by atoms with Gasteiger partial charge in [0.15, 0.2) is 0 Å². The first-order valence-electron chi connectivity index (χ1n) is 6.36. The van der Waals surface area contributed by atoms with E-state index in [1.54, 1.807) is 58.9 Å². The van der Waals surface area contributed by atoms with Crippen LogP contribution in [-0.4, -0.2) is 22.8 Å². The topological polar surface area (TPSA) is 75.6 Å². The number of benzene rings is 1. The minimum atomic E-state index is -1.02. The molecule has 0 aliphatic heterocycles. The summed E-state index contributed by atoms with van der Waals surface area (Å²) < 4.78 is 5.15. The van der Waals surface area contributed by atoms with Gasteiger partial charge in [-0.2, -0.15) is 0 Å². The highest BCUT2D eigenvalue weighted by Crippen LogP contribution is 2.26. The molecule has 0 fully saturated rings. The summed E-state index contributed by atoms with van der Waals surface area (Å²) >= 11 is 0. The maximum Gasteiger partial charge on any atom is 0.412 e. The van der Waals surface area contributed by atoms with Gasteiger partial charge in [-0.25, -0.2) is 4.79 Å². The van der Waals surface area contributed by atoms with Gasteiger partial charge in [0.05, 0.1) is 5.41 Å². The molecule has 1 aromatic carbocycles. The molecule has 0 saturated heterocycles. The maximum absolute atomic E-state index is 11.7. The highest BCUT2D eigenvalue weighted by Gasteiger charge is 2.29. The Morgan fingerprint density at radius 2 is 1.75 bits per heavy atom. The Morgan fingerprint density at radius 3 is 2.25 bits per heavy atom. The molecule has 110 valence electrons. The van der Waals surface area contributed by atoms with Crippen LogP contribution >= 0.6 is 0 Å². The Labute approximate surface area is 118 Å². The van der Waals surface area contributed by atoms with Crippen LogP contribution in [0.4, 0.5) is 10.5 Å². The number of carbonyl (C=O) groups excluding carboxylic acids is 1. The molecular formula is C15H21NO4. The number of aliphatic carboxylic acids is 1. The van der Waals surface area contributed by atoms with Crippen LogP contribution < -0.4 is 5.32 Å². The molecule has 0 heterocycles. The molecule has 5 nitrogen and oxygen atoms in total. The summed E-state index contributed by atoms with van der Waals surface area (Å²) in [4.78, 5) is 22.9. The van der Waals surface area contributed by atoms with Crippen LogP contribution in [-0.2, 0) is 14.9 Å². The molecule has 2 N–H and O–H groups in total. The molecule has 0 aliphatic carbocycles. The van der Waals surface area contributed by atoms with Gasteiger partial charge in [-0.05, 0) is 52.3 Å². The van der Waals surface area contributed by atoms with E-state index < -0.39 is 23.1 Å². The second-order valence-electron chi connectivity index (χ2n) is 6.14. The zero-order valence-corrected chi connectivity index (χ0v) is 12.5. The zero-order chi connectivity index (χ0) is 15.6. The first-order chi connectivity index (χ1) is 9.02. The van der Waals surface area contributed by atoms with Crippen molar-refractivity contribution in [2.75, 3.05) is 5.32 Å². The van der Waals surface area contributed by atoms with Gasteiger partial charge in [-0.15, -0.1) is 0 Å². The molecule has 5 heteroatoms. The fourth-order valence-corrected chi connectivity index (χ4v) is 1.53. The monoisotopic (exact) mass is 279 g/mol. The van der Waals surface area contributed by atoms with E-state index in [4.69, 9.17) is 4.74 Å². The van der Waals surface area contributed by atoms with Crippen molar-refractivity contribution in [3.63, 3.8) is 0 Å². The van der Waals surface area contributed by atoms with E-state index in [1.165, 1.54) is 0 Å². The first-order valence-corrected chi connectivity index (χ1v) is 6.36. The van der Waals surface area contributed by atoms with E-state index in [0.29, 0.717) is 11.3 Å². The van der Waals surface area contributed by atoms with Crippen molar-refractivity contribution in [3.05, 3.63) is 29.8 Å². The van der Waals surface area contributed by atoms with Crippen LogP contribution in [0.25, 0.3) is 0 Å². The summed E-state index contributed by atoms with van der Waals surface area (Å²) in [6.07, 6.45) is -0.567. The van der Waals surface area contributed by atoms with Gasteiger partial charge in [-0.3, -0.25) is 10.1 Å². The zero-order valence-electron chi connectivity index (χ0n) is 12.5. The van der Waals surface area contributed by atoms with E-state index in [1.807, 2.05) is 0 Å². The number of amides is 1. The van der Waals surface area contributed by atoms with E-state index >= 15 is 0 Å². The lowest BCUT2D eigenvalue weighted by Crippen LogP contribution is -2.29. The lowest BCUT2D eigenvalue weighted by molar-refractivity contribution is -0.142. The van der Waals surface area contributed by atoms with Crippen LogP contribution in [0.3, 0.4) is 0 Å². The molecule has 0 unspecified atom stereocenters. The van der Waals surface area contributed by atoms with Crippen molar-refractivity contribution in [2.24, 2.45) is 0 Å². The number of nitrogens with one attached hydrogen (secondary N) is 1. The summed E-state index contributed by atoms with van der Waals surface area (Å²) in [6.45, 7) is 8.55. The maximum atomic E-state index is 11.7. The van der Waals surface area contributed by atoms with Crippen molar-refractivity contribution in [3.8, 4) is 0 Å². The highest BCUT2D eigenvalue weighted by atomic mass is 16.6. The van der Waals surface area contributed by atoms with Crippen LogP contribution in [0.5, 0.6) is 0 Å². The second kappa shape index (κ2) is 5.53. The molecule has 0 aromatic heterocycles. The predicted octanol–water partition coefficient (Wildman–Crippen LogP) is 3.40. The quantitative estimate of drug-likeness (QED) is 0.889. The van der Waals surface area contributed by atoms with Crippen molar-refractivity contribution in [1.29, 1.82) is 0 Å². The van der Waals surface area contributed by atoms with E-state index in [2.05, 4.69) is 5.32 Å². The summed E-state index contributed by atoms with van der Waals surface area (Å²) in [5, 5.41) is 11.8. The second-order valence-corrected chi connectivity index (χ2v) is 6.14. The van der Waals surface area contributed by atoms with Crippen molar-refractivity contribution in [2.45, 2.75) is 45.6 Å².